The van der Waals surface area contributed by atoms with Gasteiger partial charge in [0.2, 0.25) is 0 Å². The molecular formula is C13H23NOS. The quantitative estimate of drug-likeness (QED) is 0.800. The van der Waals surface area contributed by atoms with Crippen molar-refractivity contribution in [3.8, 4) is 0 Å². The van der Waals surface area contributed by atoms with Crippen LogP contribution in [0.5, 0.6) is 0 Å². The van der Waals surface area contributed by atoms with Crippen molar-refractivity contribution in [3.63, 3.8) is 0 Å². The molecule has 1 fully saturated rings. The van der Waals surface area contributed by atoms with Gasteiger partial charge in [-0.15, -0.1) is 0 Å². The van der Waals surface area contributed by atoms with Crippen molar-refractivity contribution >= 4 is 11.8 Å². The van der Waals surface area contributed by atoms with Gasteiger partial charge < -0.3 is 10.1 Å². The van der Waals surface area contributed by atoms with Crippen LogP contribution in [0.2, 0.25) is 0 Å². The van der Waals surface area contributed by atoms with Crippen LogP contribution in [0.15, 0.2) is 11.8 Å². The van der Waals surface area contributed by atoms with Gasteiger partial charge in [-0.05, 0) is 55.2 Å². The third-order valence-electron chi connectivity index (χ3n) is 3.41. The Morgan fingerprint density at radius 2 is 2.56 bits per heavy atom. The molecule has 0 amide bonds. The second kappa shape index (κ2) is 6.55. The Bertz CT molecular complexity index is 236. The van der Waals surface area contributed by atoms with Gasteiger partial charge in [-0.25, -0.2) is 0 Å². The normalized spacial score (nSPS) is 27.3. The van der Waals surface area contributed by atoms with Crippen LogP contribution in [0, 0.1) is 5.92 Å². The van der Waals surface area contributed by atoms with Gasteiger partial charge in [0.05, 0.1) is 12.9 Å². The topological polar surface area (TPSA) is 21.3 Å². The second-order valence-corrected chi connectivity index (χ2v) is 5.87. The molecule has 1 saturated heterocycles. The molecule has 0 aromatic heterocycles. The van der Waals surface area contributed by atoms with E-state index in [4.69, 9.17) is 4.74 Å². The monoisotopic (exact) mass is 241 g/mol. The molecule has 0 aliphatic carbocycles. The Hall–Kier alpha value is -0.150. The fourth-order valence-corrected chi connectivity index (χ4v) is 3.83. The van der Waals surface area contributed by atoms with Crippen molar-refractivity contribution in [2.75, 3.05) is 24.7 Å². The molecule has 1 N–H and O–H groups in total. The lowest BCUT2D eigenvalue weighted by Crippen LogP contribution is -2.39. The molecule has 0 aromatic carbocycles. The van der Waals surface area contributed by atoms with Crippen molar-refractivity contribution in [1.29, 1.82) is 0 Å². The third-order valence-corrected chi connectivity index (χ3v) is 4.60. The molecule has 2 rings (SSSR count). The van der Waals surface area contributed by atoms with Crippen LogP contribution in [0.4, 0.5) is 0 Å². The first kappa shape index (κ1) is 12.3. The van der Waals surface area contributed by atoms with Gasteiger partial charge in [0, 0.05) is 6.04 Å². The van der Waals surface area contributed by atoms with Gasteiger partial charge in [0.25, 0.3) is 0 Å². The van der Waals surface area contributed by atoms with E-state index in [1.54, 1.807) is 0 Å². The Kier molecular flexibility index (Phi) is 5.04. The summed E-state index contributed by atoms with van der Waals surface area (Å²) in [6.07, 6.45) is 7.02. The van der Waals surface area contributed by atoms with Crippen LogP contribution < -0.4 is 5.32 Å². The van der Waals surface area contributed by atoms with E-state index in [9.17, 15) is 0 Å². The minimum atomic E-state index is 0.579. The predicted molar refractivity (Wildman–Crippen MR) is 70.8 cm³/mol. The number of hydrogen-bond donors (Lipinski definition) is 1. The summed E-state index contributed by atoms with van der Waals surface area (Å²) >= 11 is 2.10. The van der Waals surface area contributed by atoms with E-state index >= 15 is 0 Å². The summed E-state index contributed by atoms with van der Waals surface area (Å²) in [5, 5.41) is 3.72. The first-order valence-electron chi connectivity index (χ1n) is 6.53. The van der Waals surface area contributed by atoms with Gasteiger partial charge in [-0.3, -0.25) is 0 Å². The van der Waals surface area contributed by atoms with Crippen LogP contribution in [0.25, 0.3) is 0 Å². The maximum Gasteiger partial charge on any atom is 0.0876 e. The van der Waals surface area contributed by atoms with Gasteiger partial charge in [-0.2, -0.15) is 11.8 Å². The standard InChI is InChI=1S/C13H23NOS/c1-2-6-14-13(12-5-8-16-10-12)11-4-3-7-15-9-11/h9,12-14H,2-8,10H2,1H3. The average molecular weight is 241 g/mol. The Labute approximate surface area is 103 Å². The van der Waals surface area contributed by atoms with Crippen LogP contribution >= 0.6 is 11.8 Å². The lowest BCUT2D eigenvalue weighted by atomic mass is 9.90. The van der Waals surface area contributed by atoms with Crippen molar-refractivity contribution in [2.24, 2.45) is 5.92 Å². The predicted octanol–water partition coefficient (Wildman–Crippen LogP) is 2.80. The molecule has 2 nitrogen and oxygen atoms in total. The zero-order valence-electron chi connectivity index (χ0n) is 10.2. The number of hydrogen-bond acceptors (Lipinski definition) is 3. The van der Waals surface area contributed by atoms with Gasteiger partial charge in [0.1, 0.15) is 0 Å². The molecule has 2 aliphatic rings. The summed E-state index contributed by atoms with van der Waals surface area (Å²) in [6, 6.07) is 0.579. The van der Waals surface area contributed by atoms with Crippen LogP contribution in [-0.2, 0) is 4.74 Å². The highest BCUT2D eigenvalue weighted by Gasteiger charge is 2.28. The van der Waals surface area contributed by atoms with Crippen molar-refractivity contribution in [1.82, 2.24) is 5.32 Å². The lowest BCUT2D eigenvalue weighted by molar-refractivity contribution is 0.215. The van der Waals surface area contributed by atoms with E-state index in [1.807, 2.05) is 6.26 Å². The molecule has 0 bridgehead atoms. The highest BCUT2D eigenvalue weighted by molar-refractivity contribution is 7.99. The van der Waals surface area contributed by atoms with E-state index in [-0.39, 0.29) is 0 Å². The fourth-order valence-electron chi connectivity index (χ4n) is 2.53. The average Bonchev–Trinajstić information content (AvgIpc) is 2.85. The zero-order chi connectivity index (χ0) is 11.2. The fraction of sp³-hybridized carbons (Fsp3) is 0.846. The lowest BCUT2D eigenvalue weighted by Gasteiger charge is -2.28. The van der Waals surface area contributed by atoms with Gasteiger partial charge >= 0.3 is 0 Å². The first-order valence-corrected chi connectivity index (χ1v) is 7.69. The molecule has 0 saturated carbocycles. The Morgan fingerprint density at radius 3 is 3.19 bits per heavy atom. The maximum absolute atomic E-state index is 5.49. The van der Waals surface area contributed by atoms with Crippen LogP contribution in [-0.4, -0.2) is 30.7 Å². The second-order valence-electron chi connectivity index (χ2n) is 4.72. The third kappa shape index (κ3) is 3.17. The highest BCUT2D eigenvalue weighted by atomic mass is 32.2. The molecule has 16 heavy (non-hydrogen) atoms. The largest absolute Gasteiger partial charge is 0.501 e. The summed E-state index contributed by atoms with van der Waals surface area (Å²) in [6.45, 7) is 4.27. The van der Waals surface area contributed by atoms with Crippen LogP contribution in [0.1, 0.15) is 32.6 Å². The summed E-state index contributed by atoms with van der Waals surface area (Å²) in [7, 11) is 0. The number of thioether (sulfide) groups is 1. The Morgan fingerprint density at radius 1 is 1.62 bits per heavy atom. The summed E-state index contributed by atoms with van der Waals surface area (Å²) in [5.74, 6) is 3.48. The van der Waals surface area contributed by atoms with Gasteiger partial charge in [0.15, 0.2) is 0 Å². The summed E-state index contributed by atoms with van der Waals surface area (Å²) in [4.78, 5) is 0. The van der Waals surface area contributed by atoms with Crippen LogP contribution in [0.3, 0.4) is 0 Å². The zero-order valence-corrected chi connectivity index (χ0v) is 11.0. The van der Waals surface area contributed by atoms with E-state index in [2.05, 4.69) is 24.0 Å². The smallest absolute Gasteiger partial charge is 0.0876 e. The van der Waals surface area contributed by atoms with Crippen molar-refractivity contribution in [3.05, 3.63) is 11.8 Å². The number of rotatable bonds is 5. The molecule has 0 aromatic rings. The molecule has 2 atom stereocenters. The molecular weight excluding hydrogens is 218 g/mol. The van der Waals surface area contributed by atoms with Gasteiger partial charge in [-0.1, -0.05) is 6.92 Å². The maximum atomic E-state index is 5.49. The first-order chi connectivity index (χ1) is 7.92. The molecule has 2 heterocycles. The van der Waals surface area contributed by atoms with E-state index in [0.29, 0.717) is 6.04 Å². The Balaban J connectivity index is 1.97. The number of ether oxygens (including phenoxy) is 1. The molecule has 0 spiro atoms. The van der Waals surface area contributed by atoms with E-state index < -0.39 is 0 Å². The highest BCUT2D eigenvalue weighted by Crippen LogP contribution is 2.31. The number of nitrogens with one attached hydrogen (secondary N) is 1. The summed E-state index contributed by atoms with van der Waals surface area (Å²) in [5.41, 5.74) is 1.51. The molecule has 0 radical (unpaired) electrons. The van der Waals surface area contributed by atoms with E-state index in [0.717, 1.165) is 19.1 Å². The van der Waals surface area contributed by atoms with Crippen molar-refractivity contribution < 1.29 is 4.74 Å². The summed E-state index contributed by atoms with van der Waals surface area (Å²) < 4.78 is 5.49. The minimum Gasteiger partial charge on any atom is -0.501 e. The molecule has 92 valence electrons. The molecule has 2 unspecified atom stereocenters. The SMILES string of the molecule is CCCNC(C1=COCCC1)C1CCSC1. The van der Waals surface area contributed by atoms with E-state index in [1.165, 1.54) is 42.8 Å². The van der Waals surface area contributed by atoms with Crippen molar-refractivity contribution in [2.45, 2.75) is 38.6 Å². The molecule has 3 heteroatoms. The minimum absolute atomic E-state index is 0.579. The molecule has 2 aliphatic heterocycles.